The van der Waals surface area contributed by atoms with E-state index in [0.29, 0.717) is 18.2 Å². The number of amides is 1. The van der Waals surface area contributed by atoms with Crippen molar-refractivity contribution in [2.75, 3.05) is 16.8 Å². The van der Waals surface area contributed by atoms with Crippen LogP contribution >= 0.6 is 0 Å². The maximum atomic E-state index is 12.2. The van der Waals surface area contributed by atoms with Crippen molar-refractivity contribution in [2.24, 2.45) is 0 Å². The van der Waals surface area contributed by atoms with Crippen molar-refractivity contribution in [1.82, 2.24) is 10.3 Å². The Morgan fingerprint density at radius 1 is 1.18 bits per heavy atom. The van der Waals surface area contributed by atoms with Gasteiger partial charge in [-0.15, -0.1) is 0 Å². The monoisotopic (exact) mass is 323 g/mol. The topological polar surface area (TPSA) is 88.2 Å². The molecule has 1 aromatic heterocycles. The van der Waals surface area contributed by atoms with Crippen LogP contribution in [0.2, 0.25) is 0 Å². The van der Waals surface area contributed by atoms with Gasteiger partial charge >= 0.3 is 0 Å². The zero-order valence-electron chi connectivity index (χ0n) is 12.4. The van der Waals surface area contributed by atoms with E-state index in [4.69, 9.17) is 0 Å². The minimum absolute atomic E-state index is 0.0265. The van der Waals surface area contributed by atoms with Crippen molar-refractivity contribution < 1.29 is 13.2 Å². The Hall–Kier alpha value is -1.63. The fraction of sp³-hybridized carbons (Fsp3) is 0.600. The van der Waals surface area contributed by atoms with Crippen LogP contribution < -0.4 is 10.6 Å². The fourth-order valence-corrected chi connectivity index (χ4v) is 4.79. The highest BCUT2D eigenvalue weighted by Crippen LogP contribution is 2.22. The van der Waals surface area contributed by atoms with E-state index in [1.165, 1.54) is 12.8 Å². The Morgan fingerprint density at radius 2 is 1.95 bits per heavy atom. The molecule has 2 heterocycles. The predicted molar refractivity (Wildman–Crippen MR) is 84.6 cm³/mol. The molecule has 1 amide bonds. The lowest BCUT2D eigenvalue weighted by Gasteiger charge is -2.14. The van der Waals surface area contributed by atoms with Crippen LogP contribution in [0, 0.1) is 0 Å². The summed E-state index contributed by atoms with van der Waals surface area (Å²) < 4.78 is 22.9. The third kappa shape index (κ3) is 3.76. The summed E-state index contributed by atoms with van der Waals surface area (Å²) in [5.74, 6) is -0.134. The molecule has 3 rings (SSSR count). The second-order valence-electron chi connectivity index (χ2n) is 6.13. The summed E-state index contributed by atoms with van der Waals surface area (Å²) in [6.45, 7) is 0. The zero-order chi connectivity index (χ0) is 15.6. The molecule has 1 atom stereocenters. The van der Waals surface area contributed by atoms with E-state index in [2.05, 4.69) is 15.6 Å². The van der Waals surface area contributed by atoms with Gasteiger partial charge < -0.3 is 10.6 Å². The molecule has 1 aliphatic heterocycles. The summed E-state index contributed by atoms with van der Waals surface area (Å²) in [6, 6.07) is 3.76. The van der Waals surface area contributed by atoms with Gasteiger partial charge in [0.2, 0.25) is 0 Å². The van der Waals surface area contributed by atoms with Crippen LogP contribution in [0.5, 0.6) is 0 Å². The van der Waals surface area contributed by atoms with Crippen molar-refractivity contribution in [3.63, 3.8) is 0 Å². The predicted octanol–water partition coefficient (Wildman–Crippen LogP) is 1.35. The van der Waals surface area contributed by atoms with Gasteiger partial charge in [-0.1, -0.05) is 12.8 Å². The first-order chi connectivity index (χ1) is 10.5. The summed E-state index contributed by atoms with van der Waals surface area (Å²) in [5, 5.41) is 6.19. The molecule has 1 unspecified atom stereocenters. The van der Waals surface area contributed by atoms with Crippen molar-refractivity contribution in [2.45, 2.75) is 44.2 Å². The largest absolute Gasteiger partial charge is 0.382 e. The minimum atomic E-state index is -2.99. The Balaban J connectivity index is 1.62. The number of carbonyl (C=O) groups is 1. The van der Waals surface area contributed by atoms with Gasteiger partial charge in [0, 0.05) is 24.0 Å². The standard InChI is InChI=1S/C15H21N3O3S/c19-15(18-13-6-8-22(20,21)10-13)14-9-12(5-7-16-14)17-11-3-1-2-4-11/h5,7,9,11,13H,1-4,6,8,10H2,(H,16,17)(H,18,19). The van der Waals surface area contributed by atoms with Gasteiger partial charge in [0.15, 0.2) is 9.84 Å². The van der Waals surface area contributed by atoms with Gasteiger partial charge in [-0.3, -0.25) is 9.78 Å². The quantitative estimate of drug-likeness (QED) is 0.873. The second-order valence-corrected chi connectivity index (χ2v) is 8.36. The smallest absolute Gasteiger partial charge is 0.270 e. The second kappa shape index (κ2) is 6.24. The number of hydrogen-bond acceptors (Lipinski definition) is 5. The summed E-state index contributed by atoms with van der Waals surface area (Å²) in [7, 11) is -2.99. The lowest BCUT2D eigenvalue weighted by atomic mass is 10.2. The molecule has 0 radical (unpaired) electrons. The number of carbonyl (C=O) groups excluding carboxylic acids is 1. The third-order valence-electron chi connectivity index (χ3n) is 4.29. The van der Waals surface area contributed by atoms with Crippen LogP contribution in [-0.2, 0) is 9.84 Å². The van der Waals surface area contributed by atoms with Crippen LogP contribution in [-0.4, -0.2) is 42.9 Å². The Kier molecular flexibility index (Phi) is 4.33. The van der Waals surface area contributed by atoms with E-state index in [1.54, 1.807) is 12.3 Å². The van der Waals surface area contributed by atoms with Crippen molar-refractivity contribution in [1.29, 1.82) is 0 Å². The lowest BCUT2D eigenvalue weighted by Crippen LogP contribution is -2.36. The average molecular weight is 323 g/mol. The van der Waals surface area contributed by atoms with E-state index in [-0.39, 0.29) is 23.5 Å². The maximum Gasteiger partial charge on any atom is 0.270 e. The van der Waals surface area contributed by atoms with E-state index < -0.39 is 9.84 Å². The number of pyridine rings is 1. The van der Waals surface area contributed by atoms with Gasteiger partial charge in [-0.05, 0) is 31.4 Å². The van der Waals surface area contributed by atoms with E-state index in [9.17, 15) is 13.2 Å². The molecular formula is C15H21N3O3S. The Morgan fingerprint density at radius 3 is 2.64 bits per heavy atom. The van der Waals surface area contributed by atoms with Crippen molar-refractivity contribution in [3.8, 4) is 0 Å². The molecule has 0 aromatic carbocycles. The Labute approximate surface area is 130 Å². The molecule has 7 heteroatoms. The number of sulfone groups is 1. The van der Waals surface area contributed by atoms with E-state index in [1.807, 2.05) is 6.07 Å². The zero-order valence-corrected chi connectivity index (χ0v) is 13.2. The number of nitrogens with one attached hydrogen (secondary N) is 2. The molecule has 1 aromatic rings. The van der Waals surface area contributed by atoms with E-state index >= 15 is 0 Å². The SMILES string of the molecule is O=C(NC1CCS(=O)(=O)C1)c1cc(NC2CCCC2)ccn1. The first kappa shape index (κ1) is 15.3. The third-order valence-corrected chi connectivity index (χ3v) is 6.05. The highest BCUT2D eigenvalue weighted by Gasteiger charge is 2.29. The van der Waals surface area contributed by atoms with Gasteiger partial charge in [-0.2, -0.15) is 0 Å². The van der Waals surface area contributed by atoms with Crippen LogP contribution in [0.1, 0.15) is 42.6 Å². The molecule has 1 saturated heterocycles. The fourth-order valence-electron chi connectivity index (χ4n) is 3.12. The number of anilines is 1. The van der Waals surface area contributed by atoms with Gasteiger partial charge in [0.05, 0.1) is 11.5 Å². The van der Waals surface area contributed by atoms with Crippen LogP contribution in [0.3, 0.4) is 0 Å². The van der Waals surface area contributed by atoms with Crippen molar-refractivity contribution >= 4 is 21.4 Å². The number of rotatable bonds is 4. The maximum absolute atomic E-state index is 12.2. The van der Waals surface area contributed by atoms with Gasteiger partial charge in [0.1, 0.15) is 5.69 Å². The highest BCUT2D eigenvalue weighted by molar-refractivity contribution is 7.91. The summed E-state index contributed by atoms with van der Waals surface area (Å²) in [4.78, 5) is 16.3. The molecule has 6 nitrogen and oxygen atoms in total. The molecule has 22 heavy (non-hydrogen) atoms. The van der Waals surface area contributed by atoms with Crippen LogP contribution in [0.15, 0.2) is 18.3 Å². The number of aromatic nitrogens is 1. The summed E-state index contributed by atoms with van der Waals surface area (Å²) in [5.41, 5.74) is 1.22. The molecule has 0 bridgehead atoms. The molecule has 1 saturated carbocycles. The molecule has 1 aliphatic carbocycles. The molecule has 120 valence electrons. The summed E-state index contributed by atoms with van der Waals surface area (Å²) in [6.07, 6.45) is 6.89. The summed E-state index contributed by atoms with van der Waals surface area (Å²) >= 11 is 0. The van der Waals surface area contributed by atoms with E-state index in [0.717, 1.165) is 18.5 Å². The molecular weight excluding hydrogens is 302 g/mol. The number of hydrogen-bond donors (Lipinski definition) is 2. The molecule has 0 spiro atoms. The van der Waals surface area contributed by atoms with Crippen LogP contribution in [0.4, 0.5) is 5.69 Å². The average Bonchev–Trinajstić information content (AvgIpc) is 3.09. The normalized spacial score (nSPS) is 24.3. The molecule has 2 fully saturated rings. The van der Waals surface area contributed by atoms with Gasteiger partial charge in [0.25, 0.3) is 5.91 Å². The first-order valence-corrected chi connectivity index (χ1v) is 9.58. The number of nitrogens with zero attached hydrogens (tertiary/aromatic N) is 1. The minimum Gasteiger partial charge on any atom is -0.382 e. The van der Waals surface area contributed by atoms with Crippen molar-refractivity contribution in [3.05, 3.63) is 24.0 Å². The van der Waals surface area contributed by atoms with Gasteiger partial charge in [-0.25, -0.2) is 8.42 Å². The van der Waals surface area contributed by atoms with Crippen LogP contribution in [0.25, 0.3) is 0 Å². The Bertz CT molecular complexity index is 654. The first-order valence-electron chi connectivity index (χ1n) is 7.76. The molecule has 2 N–H and O–H groups in total. The lowest BCUT2D eigenvalue weighted by molar-refractivity contribution is 0.0936. The molecule has 2 aliphatic rings. The highest BCUT2D eigenvalue weighted by atomic mass is 32.2.